The van der Waals surface area contributed by atoms with Crippen molar-refractivity contribution >= 4 is 23.6 Å². The van der Waals surface area contributed by atoms with Crippen LogP contribution in [0.5, 0.6) is 11.5 Å². The van der Waals surface area contributed by atoms with Crippen LogP contribution in [0.3, 0.4) is 0 Å². The fourth-order valence-corrected chi connectivity index (χ4v) is 5.86. The molecule has 40 heavy (non-hydrogen) atoms. The summed E-state index contributed by atoms with van der Waals surface area (Å²) in [5.74, 6) is 1.09. The number of ether oxygens (including phenoxy) is 3. The normalized spacial score (nSPS) is 23.3. The number of nitrogens with zero attached hydrogens (tertiary/aromatic N) is 3. The van der Waals surface area contributed by atoms with Gasteiger partial charge in [0.15, 0.2) is 11.5 Å². The summed E-state index contributed by atoms with van der Waals surface area (Å²) >= 11 is 6.09. The Hall–Kier alpha value is -3.33. The highest BCUT2D eigenvalue weighted by Gasteiger charge is 2.41. The van der Waals surface area contributed by atoms with Crippen LogP contribution in [0, 0.1) is 0 Å². The molecule has 0 radical (unpaired) electrons. The number of carbonyl (C=O) groups is 1. The number of piperidine rings is 1. The molecule has 3 aromatic rings. The molecule has 4 heterocycles. The molecule has 6 rings (SSSR count). The van der Waals surface area contributed by atoms with E-state index in [1.807, 2.05) is 43.3 Å². The van der Waals surface area contributed by atoms with E-state index in [0.29, 0.717) is 24.0 Å². The summed E-state index contributed by atoms with van der Waals surface area (Å²) in [6, 6.07) is 13.8. The number of hydrogen-bond donors (Lipinski definition) is 1. The Morgan fingerprint density at radius 1 is 1.15 bits per heavy atom. The molecule has 8 nitrogen and oxygen atoms in total. The summed E-state index contributed by atoms with van der Waals surface area (Å²) < 4.78 is 20.6. The molecule has 2 unspecified atom stereocenters. The maximum atomic E-state index is 11.4. The third-order valence-electron chi connectivity index (χ3n) is 8.22. The van der Waals surface area contributed by atoms with E-state index in [2.05, 4.69) is 15.5 Å². The lowest BCUT2D eigenvalue weighted by atomic mass is 9.88. The predicted octanol–water partition coefficient (Wildman–Crippen LogP) is 5.84. The van der Waals surface area contributed by atoms with Crippen LogP contribution in [0.1, 0.15) is 61.7 Å². The van der Waals surface area contributed by atoms with Crippen molar-refractivity contribution in [2.24, 2.45) is 0 Å². The standard InChI is InChI=1S/C31H34ClN3O5/c1-20(30(36)37)16-24-17-33-28(35(24)18-25-12-15-38-25)19-34-13-10-21(11-14-34)26-4-3-5-27-29(26)40-31(2,39-27)22-6-8-23(32)9-7-22/h3-9,16-17,21,25H,10-15,18-19H2,1-2H3,(H,36,37)/b20-16+. The number of benzene rings is 2. The number of carboxylic acid groups (broad SMARTS) is 1. The minimum atomic E-state index is -0.925. The Kier molecular flexibility index (Phi) is 7.33. The number of aliphatic carboxylic acids is 1. The Morgan fingerprint density at radius 3 is 2.58 bits per heavy atom. The SMILES string of the molecule is C/C(=C\c1cnc(CN2CCC(c3cccc4c3OC(C)(c3ccc(Cl)cc3)O4)CC2)n1CC1CCO1)C(=O)O. The first-order valence-electron chi connectivity index (χ1n) is 13.9. The van der Waals surface area contributed by atoms with Crippen LogP contribution in [0.2, 0.25) is 5.02 Å². The number of para-hydroxylation sites is 1. The molecule has 0 aliphatic carbocycles. The van der Waals surface area contributed by atoms with Gasteiger partial charge in [-0.2, -0.15) is 0 Å². The molecule has 0 amide bonds. The van der Waals surface area contributed by atoms with Crippen LogP contribution >= 0.6 is 11.6 Å². The Labute approximate surface area is 239 Å². The highest BCUT2D eigenvalue weighted by molar-refractivity contribution is 6.30. The van der Waals surface area contributed by atoms with Gasteiger partial charge in [-0.25, -0.2) is 9.78 Å². The molecule has 3 aliphatic rings. The fourth-order valence-electron chi connectivity index (χ4n) is 5.74. The zero-order valence-corrected chi connectivity index (χ0v) is 23.6. The monoisotopic (exact) mass is 563 g/mol. The van der Waals surface area contributed by atoms with Gasteiger partial charge < -0.3 is 23.9 Å². The van der Waals surface area contributed by atoms with Crippen molar-refractivity contribution in [2.75, 3.05) is 19.7 Å². The van der Waals surface area contributed by atoms with Gasteiger partial charge in [0, 0.05) is 35.3 Å². The summed E-state index contributed by atoms with van der Waals surface area (Å²) in [5.41, 5.74) is 3.21. The molecule has 2 aromatic carbocycles. The van der Waals surface area contributed by atoms with Crippen molar-refractivity contribution in [3.63, 3.8) is 0 Å². The lowest BCUT2D eigenvalue weighted by molar-refractivity contribution is -0.132. The second kappa shape index (κ2) is 10.9. The zero-order valence-electron chi connectivity index (χ0n) is 22.8. The number of imidazole rings is 1. The maximum absolute atomic E-state index is 11.4. The van der Waals surface area contributed by atoms with Crippen LogP contribution in [0.25, 0.3) is 6.08 Å². The minimum absolute atomic E-state index is 0.150. The van der Waals surface area contributed by atoms with Gasteiger partial charge in [0.25, 0.3) is 5.79 Å². The van der Waals surface area contributed by atoms with E-state index in [4.69, 9.17) is 30.8 Å². The molecule has 2 fully saturated rings. The van der Waals surface area contributed by atoms with Gasteiger partial charge >= 0.3 is 5.97 Å². The molecule has 3 aliphatic heterocycles. The maximum Gasteiger partial charge on any atom is 0.331 e. The minimum Gasteiger partial charge on any atom is -0.478 e. The fraction of sp³-hybridized carbons (Fsp3) is 0.419. The molecule has 0 spiro atoms. The van der Waals surface area contributed by atoms with Crippen molar-refractivity contribution in [3.8, 4) is 11.5 Å². The molecular weight excluding hydrogens is 530 g/mol. The van der Waals surface area contributed by atoms with Crippen molar-refractivity contribution in [1.29, 1.82) is 0 Å². The Bertz CT molecular complexity index is 1420. The number of rotatable bonds is 8. The van der Waals surface area contributed by atoms with Crippen LogP contribution in [0.4, 0.5) is 0 Å². The molecule has 9 heteroatoms. The van der Waals surface area contributed by atoms with Crippen LogP contribution in [-0.4, -0.2) is 51.3 Å². The van der Waals surface area contributed by atoms with Gasteiger partial charge in [-0.05, 0) is 81.6 Å². The summed E-state index contributed by atoms with van der Waals surface area (Å²) in [4.78, 5) is 18.5. The molecule has 1 aromatic heterocycles. The van der Waals surface area contributed by atoms with Gasteiger partial charge in [-0.3, -0.25) is 4.90 Å². The van der Waals surface area contributed by atoms with E-state index in [0.717, 1.165) is 67.5 Å². The summed E-state index contributed by atoms with van der Waals surface area (Å²) in [6.45, 7) is 7.58. The van der Waals surface area contributed by atoms with E-state index >= 15 is 0 Å². The van der Waals surface area contributed by atoms with Gasteiger partial charge in [0.05, 0.1) is 31.1 Å². The third-order valence-corrected chi connectivity index (χ3v) is 8.47. The third kappa shape index (κ3) is 5.36. The number of fused-ring (bicyclic) bond motifs is 1. The smallest absolute Gasteiger partial charge is 0.331 e. The largest absolute Gasteiger partial charge is 0.478 e. The molecule has 1 N–H and O–H groups in total. The first-order chi connectivity index (χ1) is 19.3. The number of halogens is 1. The first kappa shape index (κ1) is 26.9. The van der Waals surface area contributed by atoms with E-state index in [1.165, 1.54) is 5.56 Å². The topological polar surface area (TPSA) is 86.0 Å². The van der Waals surface area contributed by atoms with Crippen molar-refractivity contribution in [2.45, 2.75) is 64.0 Å². The number of carboxylic acids is 1. The summed E-state index contributed by atoms with van der Waals surface area (Å²) in [5, 5.41) is 10.0. The number of aromatic nitrogens is 2. The van der Waals surface area contributed by atoms with E-state index < -0.39 is 11.8 Å². The molecule has 0 saturated carbocycles. The molecule has 2 atom stereocenters. The highest BCUT2D eigenvalue weighted by Crippen LogP contribution is 2.49. The van der Waals surface area contributed by atoms with Crippen LogP contribution < -0.4 is 9.47 Å². The van der Waals surface area contributed by atoms with E-state index in [1.54, 1.807) is 19.2 Å². The second-order valence-corrected chi connectivity index (χ2v) is 11.4. The van der Waals surface area contributed by atoms with Crippen LogP contribution in [-0.2, 0) is 28.4 Å². The Balaban J connectivity index is 1.14. The molecule has 2 saturated heterocycles. The zero-order chi connectivity index (χ0) is 27.9. The average Bonchev–Trinajstić information content (AvgIpc) is 3.46. The van der Waals surface area contributed by atoms with Crippen molar-refractivity contribution < 1.29 is 24.1 Å². The van der Waals surface area contributed by atoms with Crippen molar-refractivity contribution in [3.05, 3.63) is 81.9 Å². The lowest BCUT2D eigenvalue weighted by Gasteiger charge is -2.33. The predicted molar refractivity (Wildman–Crippen MR) is 152 cm³/mol. The molecule has 0 bridgehead atoms. The van der Waals surface area contributed by atoms with Gasteiger partial charge in [-0.1, -0.05) is 23.7 Å². The average molecular weight is 564 g/mol. The highest BCUT2D eigenvalue weighted by atomic mass is 35.5. The van der Waals surface area contributed by atoms with Crippen molar-refractivity contribution in [1.82, 2.24) is 14.5 Å². The van der Waals surface area contributed by atoms with Crippen LogP contribution in [0.15, 0.2) is 54.2 Å². The number of likely N-dealkylation sites (tertiary alicyclic amines) is 1. The van der Waals surface area contributed by atoms with E-state index in [9.17, 15) is 9.90 Å². The quantitative estimate of drug-likeness (QED) is 0.345. The summed E-state index contributed by atoms with van der Waals surface area (Å²) in [6.07, 6.45) is 6.62. The van der Waals surface area contributed by atoms with Gasteiger partial charge in [0.1, 0.15) is 5.82 Å². The second-order valence-electron chi connectivity index (χ2n) is 11.0. The van der Waals surface area contributed by atoms with Gasteiger partial charge in [0.2, 0.25) is 0 Å². The summed E-state index contributed by atoms with van der Waals surface area (Å²) in [7, 11) is 0. The Morgan fingerprint density at radius 2 is 1.90 bits per heavy atom. The first-order valence-corrected chi connectivity index (χ1v) is 14.2. The molecule has 210 valence electrons. The van der Waals surface area contributed by atoms with E-state index in [-0.39, 0.29) is 11.7 Å². The lowest BCUT2D eigenvalue weighted by Crippen LogP contribution is -2.35. The van der Waals surface area contributed by atoms with Gasteiger partial charge in [-0.15, -0.1) is 0 Å². The molecular formula is C31H34ClN3O5. The number of hydrogen-bond acceptors (Lipinski definition) is 6.